The summed E-state index contributed by atoms with van der Waals surface area (Å²) < 4.78 is 42.4. The molecule has 0 aliphatic rings. The number of ether oxygens (including phenoxy) is 1. The Morgan fingerprint density at radius 1 is 1.14 bits per heavy atom. The van der Waals surface area contributed by atoms with E-state index in [1.165, 1.54) is 12.1 Å². The van der Waals surface area contributed by atoms with Crippen LogP contribution in [0.1, 0.15) is 12.5 Å². The summed E-state index contributed by atoms with van der Waals surface area (Å²) >= 11 is 0. The van der Waals surface area contributed by atoms with Gasteiger partial charge >= 0.3 is 12.2 Å². The zero-order chi connectivity index (χ0) is 15.5. The molecule has 0 bridgehead atoms. The number of nitrogens with one attached hydrogen (secondary N) is 1. The lowest BCUT2D eigenvalue weighted by Gasteiger charge is -2.09. The number of nitrogen functional groups attached to an aromatic ring is 1. The number of nitrogens with zero attached hydrogens (tertiary/aromatic N) is 3. The fraction of sp³-hybridized carbons (Fsp3) is 0.250. The van der Waals surface area contributed by atoms with Crippen LogP contribution in [0, 0.1) is 0 Å². The molecule has 0 atom stereocenters. The van der Waals surface area contributed by atoms with Gasteiger partial charge in [0.2, 0.25) is 11.9 Å². The third-order valence-corrected chi connectivity index (χ3v) is 2.37. The first-order valence-corrected chi connectivity index (χ1v) is 5.97. The van der Waals surface area contributed by atoms with Crippen molar-refractivity contribution in [1.29, 1.82) is 0 Å². The molecule has 0 unspecified atom stereocenters. The Bertz CT molecular complexity index is 615. The molecule has 6 nitrogen and oxygen atoms in total. The molecule has 0 amide bonds. The molecule has 0 aliphatic heterocycles. The number of alkyl halides is 3. The predicted octanol–water partition coefficient (Wildman–Crippen LogP) is 2.61. The maximum atomic E-state index is 12.5. The second-order valence-corrected chi connectivity index (χ2v) is 3.93. The van der Waals surface area contributed by atoms with Gasteiger partial charge in [-0.1, -0.05) is 0 Å². The van der Waals surface area contributed by atoms with Crippen LogP contribution >= 0.6 is 0 Å². The van der Waals surface area contributed by atoms with Crippen LogP contribution in [0.15, 0.2) is 24.3 Å². The van der Waals surface area contributed by atoms with Crippen molar-refractivity contribution < 1.29 is 17.9 Å². The van der Waals surface area contributed by atoms with Gasteiger partial charge in [-0.2, -0.15) is 28.1 Å². The Morgan fingerprint density at radius 2 is 1.81 bits per heavy atom. The van der Waals surface area contributed by atoms with Crippen molar-refractivity contribution in [3.63, 3.8) is 0 Å². The van der Waals surface area contributed by atoms with E-state index in [1.54, 1.807) is 6.92 Å². The van der Waals surface area contributed by atoms with Gasteiger partial charge in [0.05, 0.1) is 12.2 Å². The van der Waals surface area contributed by atoms with Crippen molar-refractivity contribution in [2.24, 2.45) is 0 Å². The van der Waals surface area contributed by atoms with Crippen LogP contribution < -0.4 is 15.8 Å². The predicted molar refractivity (Wildman–Crippen MR) is 70.1 cm³/mol. The van der Waals surface area contributed by atoms with Gasteiger partial charge in [0.15, 0.2) is 0 Å². The minimum absolute atomic E-state index is 0.0411. The van der Waals surface area contributed by atoms with Crippen LogP contribution in [-0.2, 0) is 6.18 Å². The highest BCUT2D eigenvalue weighted by atomic mass is 19.4. The van der Waals surface area contributed by atoms with E-state index in [0.29, 0.717) is 12.3 Å². The Morgan fingerprint density at radius 3 is 2.38 bits per heavy atom. The smallest absolute Gasteiger partial charge is 0.416 e. The first-order chi connectivity index (χ1) is 9.88. The zero-order valence-corrected chi connectivity index (χ0v) is 11.0. The van der Waals surface area contributed by atoms with Crippen molar-refractivity contribution in [2.45, 2.75) is 13.1 Å². The van der Waals surface area contributed by atoms with Crippen molar-refractivity contribution in [3.05, 3.63) is 29.8 Å². The summed E-state index contributed by atoms with van der Waals surface area (Å²) in [6, 6.07) is 4.48. The van der Waals surface area contributed by atoms with Crippen LogP contribution in [0.3, 0.4) is 0 Å². The highest BCUT2D eigenvalue weighted by molar-refractivity contribution is 5.54. The number of halogens is 3. The van der Waals surface area contributed by atoms with Crippen LogP contribution in [0.2, 0.25) is 0 Å². The molecule has 2 aromatic rings. The Hall–Kier alpha value is -2.58. The molecular weight excluding hydrogens is 287 g/mol. The average molecular weight is 299 g/mol. The van der Waals surface area contributed by atoms with Gasteiger partial charge in [-0.3, -0.25) is 0 Å². The molecule has 0 spiro atoms. The normalized spacial score (nSPS) is 11.2. The number of anilines is 3. The van der Waals surface area contributed by atoms with E-state index in [2.05, 4.69) is 20.3 Å². The number of benzene rings is 1. The van der Waals surface area contributed by atoms with E-state index in [4.69, 9.17) is 10.5 Å². The molecule has 1 aromatic carbocycles. The Balaban J connectivity index is 2.18. The second kappa shape index (κ2) is 5.81. The van der Waals surface area contributed by atoms with E-state index in [-0.39, 0.29) is 17.9 Å². The van der Waals surface area contributed by atoms with E-state index in [0.717, 1.165) is 12.1 Å². The average Bonchev–Trinajstić information content (AvgIpc) is 2.38. The largest absolute Gasteiger partial charge is 0.464 e. The lowest BCUT2D eigenvalue weighted by molar-refractivity contribution is -0.137. The highest BCUT2D eigenvalue weighted by Gasteiger charge is 2.29. The first kappa shape index (κ1) is 14.8. The van der Waals surface area contributed by atoms with E-state index in [9.17, 15) is 13.2 Å². The van der Waals surface area contributed by atoms with E-state index >= 15 is 0 Å². The summed E-state index contributed by atoms with van der Waals surface area (Å²) in [5.74, 6) is 0.0357. The molecule has 3 N–H and O–H groups in total. The van der Waals surface area contributed by atoms with Gasteiger partial charge in [0.1, 0.15) is 0 Å². The van der Waals surface area contributed by atoms with Gasteiger partial charge in [-0.05, 0) is 31.2 Å². The van der Waals surface area contributed by atoms with E-state index < -0.39 is 11.7 Å². The molecular formula is C12H12F3N5O. The van der Waals surface area contributed by atoms with Crippen molar-refractivity contribution >= 4 is 17.6 Å². The van der Waals surface area contributed by atoms with Crippen LogP contribution in [-0.4, -0.2) is 21.6 Å². The number of rotatable bonds is 4. The summed E-state index contributed by atoms with van der Waals surface area (Å²) in [5.41, 5.74) is 5.14. The number of aromatic nitrogens is 3. The minimum atomic E-state index is -4.38. The zero-order valence-electron chi connectivity index (χ0n) is 11.0. The molecule has 0 aliphatic carbocycles. The summed E-state index contributed by atoms with van der Waals surface area (Å²) in [6.07, 6.45) is -4.38. The minimum Gasteiger partial charge on any atom is -0.464 e. The quantitative estimate of drug-likeness (QED) is 0.902. The van der Waals surface area contributed by atoms with Crippen molar-refractivity contribution in [2.75, 3.05) is 17.7 Å². The van der Waals surface area contributed by atoms with Gasteiger partial charge in [0.25, 0.3) is 0 Å². The molecule has 1 heterocycles. The van der Waals surface area contributed by atoms with Gasteiger partial charge in [0, 0.05) is 5.69 Å². The molecule has 112 valence electrons. The van der Waals surface area contributed by atoms with E-state index in [1.807, 2.05) is 0 Å². The molecule has 1 aromatic heterocycles. The van der Waals surface area contributed by atoms with Gasteiger partial charge < -0.3 is 15.8 Å². The third-order valence-electron chi connectivity index (χ3n) is 2.37. The molecule has 9 heteroatoms. The van der Waals surface area contributed by atoms with Crippen LogP contribution in [0.4, 0.5) is 30.8 Å². The SMILES string of the molecule is CCOc1nc(N)nc(Nc2ccc(C(F)(F)F)cc2)n1. The third kappa shape index (κ3) is 3.94. The maximum absolute atomic E-state index is 12.5. The summed E-state index contributed by atoms with van der Waals surface area (Å²) in [4.78, 5) is 11.5. The first-order valence-electron chi connectivity index (χ1n) is 5.97. The molecule has 0 saturated carbocycles. The Kier molecular flexibility index (Phi) is 4.10. The second-order valence-electron chi connectivity index (χ2n) is 3.93. The molecule has 2 rings (SSSR count). The Labute approximate surface area is 118 Å². The maximum Gasteiger partial charge on any atom is 0.416 e. The summed E-state index contributed by atoms with van der Waals surface area (Å²) in [7, 11) is 0. The molecule has 0 radical (unpaired) electrons. The number of nitrogens with two attached hydrogens (primary N) is 1. The van der Waals surface area contributed by atoms with Crippen LogP contribution in [0.25, 0.3) is 0 Å². The monoisotopic (exact) mass is 299 g/mol. The fourth-order valence-electron chi connectivity index (χ4n) is 1.49. The fourth-order valence-corrected chi connectivity index (χ4v) is 1.49. The summed E-state index contributed by atoms with van der Waals surface area (Å²) in [5, 5.41) is 2.73. The summed E-state index contributed by atoms with van der Waals surface area (Å²) in [6.45, 7) is 2.10. The highest BCUT2D eigenvalue weighted by Crippen LogP contribution is 2.30. The van der Waals surface area contributed by atoms with Crippen molar-refractivity contribution in [3.8, 4) is 6.01 Å². The van der Waals surface area contributed by atoms with Gasteiger partial charge in [-0.15, -0.1) is 0 Å². The number of hydrogen-bond acceptors (Lipinski definition) is 6. The number of hydrogen-bond donors (Lipinski definition) is 2. The van der Waals surface area contributed by atoms with Crippen LogP contribution in [0.5, 0.6) is 6.01 Å². The van der Waals surface area contributed by atoms with Gasteiger partial charge in [-0.25, -0.2) is 0 Å². The lowest BCUT2D eigenvalue weighted by atomic mass is 10.2. The lowest BCUT2D eigenvalue weighted by Crippen LogP contribution is -2.07. The molecule has 21 heavy (non-hydrogen) atoms. The molecule has 0 fully saturated rings. The standard InChI is InChI=1S/C12H12F3N5O/c1-2-21-11-19-9(16)18-10(20-11)17-8-5-3-7(4-6-8)12(13,14)15/h3-6H,2H2,1H3,(H3,16,17,18,19,20). The van der Waals surface area contributed by atoms with Crippen molar-refractivity contribution in [1.82, 2.24) is 15.0 Å². The molecule has 0 saturated heterocycles. The topological polar surface area (TPSA) is 86.0 Å².